The molecular formula is C21H16ClN3O6. The number of carbonyl (C=O) groups excluding carboxylic acids is 3. The second kappa shape index (κ2) is 8.88. The Kier molecular flexibility index (Phi) is 5.85. The number of ether oxygens (including phenoxy) is 3. The molecule has 1 aliphatic heterocycles. The predicted molar refractivity (Wildman–Crippen MR) is 112 cm³/mol. The molecule has 0 fully saturated rings. The molecule has 1 aliphatic rings. The molecule has 31 heavy (non-hydrogen) atoms. The second-order valence-electron chi connectivity index (χ2n) is 6.48. The summed E-state index contributed by atoms with van der Waals surface area (Å²) in [6.07, 6.45) is 0. The van der Waals surface area contributed by atoms with Crippen molar-refractivity contribution in [3.8, 4) is 11.5 Å². The average molecular weight is 442 g/mol. The number of fused-ring (bicyclic) bond motifs is 2. The summed E-state index contributed by atoms with van der Waals surface area (Å²) in [6.45, 7) is 0.246. The van der Waals surface area contributed by atoms with Crippen LogP contribution in [0.4, 0.5) is 10.5 Å². The minimum Gasteiger partial charge on any atom is -0.486 e. The highest BCUT2D eigenvalue weighted by molar-refractivity contribution is 6.29. The molecule has 2 N–H and O–H groups in total. The van der Waals surface area contributed by atoms with Gasteiger partial charge in [0.1, 0.15) is 18.4 Å². The number of benzene rings is 2. The van der Waals surface area contributed by atoms with E-state index in [2.05, 4.69) is 15.6 Å². The Morgan fingerprint density at radius 1 is 1.00 bits per heavy atom. The first-order valence-electron chi connectivity index (χ1n) is 9.22. The number of rotatable bonds is 4. The van der Waals surface area contributed by atoms with E-state index in [1.54, 1.807) is 42.5 Å². The van der Waals surface area contributed by atoms with E-state index in [9.17, 15) is 14.4 Å². The number of amides is 3. The Bertz CT molecular complexity index is 1180. The third-order valence-corrected chi connectivity index (χ3v) is 4.49. The number of urea groups is 1. The van der Waals surface area contributed by atoms with E-state index in [0.29, 0.717) is 46.5 Å². The Labute approximate surface area is 181 Å². The fourth-order valence-corrected chi connectivity index (χ4v) is 3.04. The molecule has 10 heteroatoms. The Morgan fingerprint density at radius 3 is 2.65 bits per heavy atom. The number of carbonyl (C=O) groups is 3. The van der Waals surface area contributed by atoms with Crippen molar-refractivity contribution < 1.29 is 28.6 Å². The number of aromatic nitrogens is 1. The zero-order chi connectivity index (χ0) is 21.8. The molecule has 0 bridgehead atoms. The van der Waals surface area contributed by atoms with Gasteiger partial charge >= 0.3 is 12.0 Å². The second-order valence-corrected chi connectivity index (χ2v) is 6.87. The van der Waals surface area contributed by atoms with Gasteiger partial charge in [-0.1, -0.05) is 11.6 Å². The lowest BCUT2D eigenvalue weighted by molar-refractivity contribution is -0.123. The molecular weight excluding hydrogens is 426 g/mol. The van der Waals surface area contributed by atoms with Crippen LogP contribution in [0.1, 0.15) is 10.4 Å². The number of hydrogen-bond donors (Lipinski definition) is 2. The number of nitrogens with zero attached hydrogens (tertiary/aromatic N) is 1. The normalized spacial score (nSPS) is 12.2. The number of anilines is 1. The Hall–Kier alpha value is -3.85. The number of imide groups is 1. The summed E-state index contributed by atoms with van der Waals surface area (Å²) >= 11 is 5.84. The molecule has 0 saturated carbocycles. The van der Waals surface area contributed by atoms with Crippen LogP contribution in [-0.2, 0) is 9.53 Å². The predicted octanol–water partition coefficient (Wildman–Crippen LogP) is 3.16. The summed E-state index contributed by atoms with van der Waals surface area (Å²) in [6, 6.07) is 12.1. The zero-order valence-corrected chi connectivity index (χ0v) is 16.8. The Balaban J connectivity index is 1.29. The third-order valence-electron chi connectivity index (χ3n) is 4.28. The van der Waals surface area contributed by atoms with E-state index in [0.717, 1.165) is 0 Å². The van der Waals surface area contributed by atoms with Crippen molar-refractivity contribution in [3.05, 3.63) is 59.2 Å². The summed E-state index contributed by atoms with van der Waals surface area (Å²) in [5, 5.41) is 5.63. The summed E-state index contributed by atoms with van der Waals surface area (Å²) in [7, 11) is 0. The van der Waals surface area contributed by atoms with Gasteiger partial charge in [0.25, 0.3) is 5.91 Å². The Morgan fingerprint density at radius 2 is 1.81 bits per heavy atom. The first kappa shape index (κ1) is 20.4. The number of halogens is 1. The fourth-order valence-electron chi connectivity index (χ4n) is 2.89. The topological polar surface area (TPSA) is 116 Å². The first-order chi connectivity index (χ1) is 15.0. The fraction of sp³-hybridized carbons (Fsp3) is 0.143. The lowest BCUT2D eigenvalue weighted by Crippen LogP contribution is -2.37. The maximum atomic E-state index is 12.2. The van der Waals surface area contributed by atoms with Gasteiger partial charge in [0, 0.05) is 17.1 Å². The molecule has 0 atom stereocenters. The lowest BCUT2D eigenvalue weighted by atomic mass is 10.1. The number of esters is 1. The maximum Gasteiger partial charge on any atom is 0.338 e. The van der Waals surface area contributed by atoms with E-state index in [-0.39, 0.29) is 5.56 Å². The van der Waals surface area contributed by atoms with Crippen LogP contribution in [0.2, 0.25) is 5.15 Å². The molecule has 2 aromatic carbocycles. The first-order valence-corrected chi connectivity index (χ1v) is 9.60. The standard InChI is InChI=1S/C21H16ClN3O6/c22-18-6-2-12-9-13(1-4-15(12)24-18)20(27)31-11-19(26)25-21(28)23-14-3-5-16-17(10-14)30-8-7-29-16/h1-6,9-10H,7-8,11H2,(H2,23,25,26,28). The van der Waals surface area contributed by atoms with Crippen molar-refractivity contribution in [2.75, 3.05) is 25.1 Å². The number of hydrogen-bond acceptors (Lipinski definition) is 7. The van der Waals surface area contributed by atoms with Crippen LogP contribution in [-0.4, -0.2) is 42.7 Å². The van der Waals surface area contributed by atoms with Crippen LogP contribution in [0, 0.1) is 0 Å². The molecule has 158 valence electrons. The quantitative estimate of drug-likeness (QED) is 0.472. The molecule has 0 saturated heterocycles. The smallest absolute Gasteiger partial charge is 0.338 e. The van der Waals surface area contributed by atoms with E-state index < -0.39 is 24.5 Å². The maximum absolute atomic E-state index is 12.2. The van der Waals surface area contributed by atoms with Gasteiger partial charge < -0.3 is 19.5 Å². The number of nitrogens with one attached hydrogen (secondary N) is 2. The van der Waals surface area contributed by atoms with Crippen LogP contribution >= 0.6 is 11.6 Å². The highest BCUT2D eigenvalue weighted by Crippen LogP contribution is 2.32. The molecule has 1 aromatic heterocycles. The van der Waals surface area contributed by atoms with Crippen molar-refractivity contribution in [1.82, 2.24) is 10.3 Å². The van der Waals surface area contributed by atoms with Crippen LogP contribution in [0.3, 0.4) is 0 Å². The molecule has 3 amide bonds. The van der Waals surface area contributed by atoms with Crippen molar-refractivity contribution >= 4 is 46.1 Å². The summed E-state index contributed by atoms with van der Waals surface area (Å²) in [4.78, 5) is 40.3. The molecule has 0 unspecified atom stereocenters. The number of pyridine rings is 1. The van der Waals surface area contributed by atoms with Crippen molar-refractivity contribution in [1.29, 1.82) is 0 Å². The molecule has 2 heterocycles. The SMILES string of the molecule is O=C(COC(=O)c1ccc2nc(Cl)ccc2c1)NC(=O)Nc1ccc2c(c1)OCCO2. The van der Waals surface area contributed by atoms with Gasteiger partial charge in [-0.3, -0.25) is 10.1 Å². The third kappa shape index (κ3) is 5.01. The van der Waals surface area contributed by atoms with Gasteiger partial charge in [0.15, 0.2) is 18.1 Å². The van der Waals surface area contributed by atoms with Gasteiger partial charge in [-0.05, 0) is 42.5 Å². The molecule has 9 nitrogen and oxygen atoms in total. The molecule has 0 radical (unpaired) electrons. The molecule has 0 spiro atoms. The van der Waals surface area contributed by atoms with Crippen molar-refractivity contribution in [2.24, 2.45) is 0 Å². The van der Waals surface area contributed by atoms with E-state index in [1.807, 2.05) is 0 Å². The van der Waals surface area contributed by atoms with Crippen LogP contribution < -0.4 is 20.1 Å². The molecule has 3 aromatic rings. The van der Waals surface area contributed by atoms with Crippen LogP contribution in [0.15, 0.2) is 48.5 Å². The van der Waals surface area contributed by atoms with Gasteiger partial charge in [-0.15, -0.1) is 0 Å². The van der Waals surface area contributed by atoms with Gasteiger partial charge in [-0.25, -0.2) is 14.6 Å². The highest BCUT2D eigenvalue weighted by atomic mass is 35.5. The highest BCUT2D eigenvalue weighted by Gasteiger charge is 2.15. The van der Waals surface area contributed by atoms with E-state index >= 15 is 0 Å². The van der Waals surface area contributed by atoms with Crippen molar-refractivity contribution in [2.45, 2.75) is 0 Å². The van der Waals surface area contributed by atoms with E-state index in [1.165, 1.54) is 6.07 Å². The zero-order valence-electron chi connectivity index (χ0n) is 16.0. The van der Waals surface area contributed by atoms with Gasteiger partial charge in [-0.2, -0.15) is 0 Å². The molecule has 0 aliphatic carbocycles. The van der Waals surface area contributed by atoms with Gasteiger partial charge in [0.2, 0.25) is 0 Å². The molecule has 4 rings (SSSR count). The lowest BCUT2D eigenvalue weighted by Gasteiger charge is -2.19. The van der Waals surface area contributed by atoms with Crippen molar-refractivity contribution in [3.63, 3.8) is 0 Å². The minimum absolute atomic E-state index is 0.241. The summed E-state index contributed by atoms with van der Waals surface area (Å²) in [5.41, 5.74) is 1.28. The van der Waals surface area contributed by atoms with Crippen LogP contribution in [0.5, 0.6) is 11.5 Å². The average Bonchev–Trinajstić information content (AvgIpc) is 2.77. The van der Waals surface area contributed by atoms with Crippen LogP contribution in [0.25, 0.3) is 10.9 Å². The summed E-state index contributed by atoms with van der Waals surface area (Å²) < 4.78 is 15.8. The monoisotopic (exact) mass is 441 g/mol. The minimum atomic E-state index is -0.780. The summed E-state index contributed by atoms with van der Waals surface area (Å²) in [5.74, 6) is -0.415. The van der Waals surface area contributed by atoms with E-state index in [4.69, 9.17) is 25.8 Å². The van der Waals surface area contributed by atoms with Gasteiger partial charge in [0.05, 0.1) is 11.1 Å². The largest absolute Gasteiger partial charge is 0.486 e.